The molecule has 80 valence electrons. The molecule has 0 aliphatic heterocycles. The molecule has 0 spiro atoms. The third kappa shape index (κ3) is 4.45. The van der Waals surface area contributed by atoms with Crippen LogP contribution in [0.2, 0.25) is 0 Å². The SMILES string of the molecule is CC(CC/C=C/c1ccccc1)C(=O)O. The van der Waals surface area contributed by atoms with Crippen molar-refractivity contribution in [3.05, 3.63) is 42.0 Å². The van der Waals surface area contributed by atoms with Crippen LogP contribution in [0.3, 0.4) is 0 Å². The average molecular weight is 204 g/mol. The minimum Gasteiger partial charge on any atom is -0.481 e. The van der Waals surface area contributed by atoms with Gasteiger partial charge in [0.2, 0.25) is 0 Å². The Morgan fingerprint density at radius 2 is 2.07 bits per heavy atom. The second-order valence-electron chi connectivity index (χ2n) is 3.63. The molecule has 15 heavy (non-hydrogen) atoms. The molecule has 0 aromatic heterocycles. The normalized spacial score (nSPS) is 12.9. The number of carboxylic acids is 1. The number of carboxylic acid groups (broad SMARTS) is 1. The van der Waals surface area contributed by atoms with Crippen molar-refractivity contribution >= 4 is 12.0 Å². The maximum absolute atomic E-state index is 10.5. The molecule has 2 heteroatoms. The molecule has 2 nitrogen and oxygen atoms in total. The highest BCUT2D eigenvalue weighted by atomic mass is 16.4. The fraction of sp³-hybridized carbons (Fsp3) is 0.308. The lowest BCUT2D eigenvalue weighted by molar-refractivity contribution is -0.141. The lowest BCUT2D eigenvalue weighted by atomic mass is 10.1. The first-order valence-corrected chi connectivity index (χ1v) is 5.14. The molecule has 0 radical (unpaired) electrons. The molecule has 0 saturated carbocycles. The summed E-state index contributed by atoms with van der Waals surface area (Å²) in [6.07, 6.45) is 5.55. The summed E-state index contributed by atoms with van der Waals surface area (Å²) in [4.78, 5) is 10.5. The second-order valence-corrected chi connectivity index (χ2v) is 3.63. The van der Waals surface area contributed by atoms with E-state index in [4.69, 9.17) is 5.11 Å². The summed E-state index contributed by atoms with van der Waals surface area (Å²) in [6, 6.07) is 10.00. The van der Waals surface area contributed by atoms with Gasteiger partial charge >= 0.3 is 5.97 Å². The summed E-state index contributed by atoms with van der Waals surface area (Å²) in [7, 11) is 0. The Labute approximate surface area is 90.3 Å². The number of allylic oxidation sites excluding steroid dienone is 1. The van der Waals surface area contributed by atoms with E-state index in [0.717, 1.165) is 12.0 Å². The zero-order valence-electron chi connectivity index (χ0n) is 8.89. The van der Waals surface area contributed by atoms with Crippen LogP contribution in [0, 0.1) is 5.92 Å². The minimum absolute atomic E-state index is 0.259. The van der Waals surface area contributed by atoms with Gasteiger partial charge in [-0.25, -0.2) is 0 Å². The smallest absolute Gasteiger partial charge is 0.306 e. The first-order valence-electron chi connectivity index (χ1n) is 5.14. The van der Waals surface area contributed by atoms with Gasteiger partial charge in [0.25, 0.3) is 0 Å². The van der Waals surface area contributed by atoms with Gasteiger partial charge in [0.05, 0.1) is 5.92 Å². The van der Waals surface area contributed by atoms with Crippen LogP contribution in [0.1, 0.15) is 25.3 Å². The van der Waals surface area contributed by atoms with Crippen LogP contribution in [-0.2, 0) is 4.79 Å². The molecular formula is C13H16O2. The summed E-state index contributed by atoms with van der Waals surface area (Å²) in [5, 5.41) is 8.67. The predicted molar refractivity (Wildman–Crippen MR) is 61.5 cm³/mol. The van der Waals surface area contributed by atoms with Gasteiger partial charge in [-0.15, -0.1) is 0 Å². The Morgan fingerprint density at radius 1 is 1.40 bits per heavy atom. The molecule has 0 aliphatic rings. The highest BCUT2D eigenvalue weighted by Gasteiger charge is 2.08. The lowest BCUT2D eigenvalue weighted by Crippen LogP contribution is -2.08. The maximum Gasteiger partial charge on any atom is 0.306 e. The molecule has 0 bridgehead atoms. The molecule has 0 amide bonds. The van der Waals surface area contributed by atoms with Crippen molar-refractivity contribution in [3.8, 4) is 0 Å². The summed E-state index contributed by atoms with van der Waals surface area (Å²) < 4.78 is 0. The van der Waals surface area contributed by atoms with E-state index in [2.05, 4.69) is 0 Å². The van der Waals surface area contributed by atoms with Gasteiger partial charge in [-0.2, -0.15) is 0 Å². The molecule has 0 heterocycles. The van der Waals surface area contributed by atoms with Crippen molar-refractivity contribution in [3.63, 3.8) is 0 Å². The van der Waals surface area contributed by atoms with E-state index in [0.29, 0.717) is 6.42 Å². The van der Waals surface area contributed by atoms with Gasteiger partial charge in [-0.1, -0.05) is 49.4 Å². The molecule has 1 aromatic carbocycles. The van der Waals surface area contributed by atoms with Crippen LogP contribution in [0.4, 0.5) is 0 Å². The predicted octanol–water partition coefficient (Wildman–Crippen LogP) is 3.20. The van der Waals surface area contributed by atoms with Crippen molar-refractivity contribution in [2.24, 2.45) is 5.92 Å². The fourth-order valence-electron chi connectivity index (χ4n) is 1.25. The Balaban J connectivity index is 2.32. The zero-order chi connectivity index (χ0) is 11.1. The molecular weight excluding hydrogens is 188 g/mol. The van der Waals surface area contributed by atoms with E-state index in [1.807, 2.05) is 42.5 Å². The minimum atomic E-state index is -0.719. The van der Waals surface area contributed by atoms with Gasteiger partial charge in [-0.05, 0) is 18.4 Å². The standard InChI is InChI=1S/C13H16O2/c1-11(13(14)15)7-5-6-10-12-8-3-2-4-9-12/h2-4,6,8-11H,5,7H2,1H3,(H,14,15)/b10-6+. The maximum atomic E-state index is 10.5. The van der Waals surface area contributed by atoms with E-state index in [1.165, 1.54) is 0 Å². The summed E-state index contributed by atoms with van der Waals surface area (Å²) in [5.41, 5.74) is 1.15. The Bertz CT molecular complexity index is 328. The van der Waals surface area contributed by atoms with Crippen LogP contribution in [0.15, 0.2) is 36.4 Å². The molecule has 0 aliphatic carbocycles. The quantitative estimate of drug-likeness (QED) is 0.799. The first-order chi connectivity index (χ1) is 7.20. The molecule has 1 N–H and O–H groups in total. The van der Waals surface area contributed by atoms with Crippen LogP contribution in [0.5, 0.6) is 0 Å². The van der Waals surface area contributed by atoms with Crippen molar-refractivity contribution < 1.29 is 9.90 Å². The van der Waals surface area contributed by atoms with Crippen LogP contribution in [-0.4, -0.2) is 11.1 Å². The number of carbonyl (C=O) groups is 1. The number of hydrogen-bond acceptors (Lipinski definition) is 1. The second kappa shape index (κ2) is 6.02. The highest BCUT2D eigenvalue weighted by Crippen LogP contribution is 2.08. The molecule has 1 atom stereocenters. The monoisotopic (exact) mass is 204 g/mol. The number of rotatable bonds is 5. The van der Waals surface area contributed by atoms with E-state index in [1.54, 1.807) is 6.92 Å². The first kappa shape index (κ1) is 11.5. The van der Waals surface area contributed by atoms with E-state index in [-0.39, 0.29) is 5.92 Å². The summed E-state index contributed by atoms with van der Waals surface area (Å²) >= 11 is 0. The highest BCUT2D eigenvalue weighted by molar-refractivity contribution is 5.69. The van der Waals surface area contributed by atoms with Crippen LogP contribution < -0.4 is 0 Å². The fourth-order valence-corrected chi connectivity index (χ4v) is 1.25. The number of aliphatic carboxylic acids is 1. The molecule has 1 aromatic rings. The van der Waals surface area contributed by atoms with Gasteiger partial charge in [0.1, 0.15) is 0 Å². The zero-order valence-corrected chi connectivity index (χ0v) is 8.89. The Kier molecular flexibility index (Phi) is 4.61. The van der Waals surface area contributed by atoms with Crippen LogP contribution in [0.25, 0.3) is 6.08 Å². The number of benzene rings is 1. The summed E-state index contributed by atoms with van der Waals surface area (Å²) in [5.74, 6) is -0.978. The van der Waals surface area contributed by atoms with Gasteiger partial charge < -0.3 is 5.11 Å². The Morgan fingerprint density at radius 3 is 2.67 bits per heavy atom. The van der Waals surface area contributed by atoms with Crippen molar-refractivity contribution in [2.75, 3.05) is 0 Å². The van der Waals surface area contributed by atoms with E-state index in [9.17, 15) is 4.79 Å². The molecule has 1 rings (SSSR count). The van der Waals surface area contributed by atoms with Crippen molar-refractivity contribution in [2.45, 2.75) is 19.8 Å². The number of hydrogen-bond donors (Lipinski definition) is 1. The average Bonchev–Trinajstić information content (AvgIpc) is 2.25. The molecule has 0 saturated heterocycles. The largest absolute Gasteiger partial charge is 0.481 e. The van der Waals surface area contributed by atoms with Crippen molar-refractivity contribution in [1.82, 2.24) is 0 Å². The van der Waals surface area contributed by atoms with E-state index < -0.39 is 5.97 Å². The Hall–Kier alpha value is -1.57. The van der Waals surface area contributed by atoms with E-state index >= 15 is 0 Å². The molecule has 0 fully saturated rings. The van der Waals surface area contributed by atoms with Gasteiger partial charge in [0.15, 0.2) is 0 Å². The lowest BCUT2D eigenvalue weighted by Gasteiger charge is -2.01. The van der Waals surface area contributed by atoms with Crippen LogP contribution >= 0.6 is 0 Å². The van der Waals surface area contributed by atoms with Crippen molar-refractivity contribution in [1.29, 1.82) is 0 Å². The third-order valence-electron chi connectivity index (χ3n) is 2.30. The summed E-state index contributed by atoms with van der Waals surface area (Å²) in [6.45, 7) is 1.73. The van der Waals surface area contributed by atoms with Gasteiger partial charge in [0, 0.05) is 0 Å². The molecule has 1 unspecified atom stereocenters. The topological polar surface area (TPSA) is 37.3 Å². The third-order valence-corrected chi connectivity index (χ3v) is 2.30. The van der Waals surface area contributed by atoms with Gasteiger partial charge in [-0.3, -0.25) is 4.79 Å².